The predicted molar refractivity (Wildman–Crippen MR) is 212 cm³/mol. The van der Waals surface area contributed by atoms with Crippen molar-refractivity contribution in [3.63, 3.8) is 0 Å². The van der Waals surface area contributed by atoms with E-state index in [-0.39, 0.29) is 22.4 Å². The molecule has 4 aromatic carbocycles. The molecule has 264 valence electrons. The van der Waals surface area contributed by atoms with Crippen molar-refractivity contribution < 1.29 is 23.9 Å². The average Bonchev–Trinajstić information content (AvgIpc) is 3.16. The molecule has 0 aromatic heterocycles. The lowest BCUT2D eigenvalue weighted by molar-refractivity contribution is -0.126. The van der Waals surface area contributed by atoms with E-state index in [1.54, 1.807) is 43.4 Å². The number of thioether (sulfide) groups is 1. The second-order valence-corrected chi connectivity index (χ2v) is 13.4. The molecule has 5 rings (SSSR count). The highest BCUT2D eigenvalue weighted by Crippen LogP contribution is 2.36. The van der Waals surface area contributed by atoms with E-state index >= 15 is 0 Å². The quantitative estimate of drug-likeness (QED) is 0.0829. The number of amidine groups is 1. The van der Waals surface area contributed by atoms with Gasteiger partial charge in [0.25, 0.3) is 11.8 Å². The highest BCUT2D eigenvalue weighted by Gasteiger charge is 2.35. The van der Waals surface area contributed by atoms with Crippen LogP contribution in [-0.2, 0) is 21.0 Å². The zero-order chi connectivity index (χ0) is 37.0. The molecule has 0 saturated heterocycles. The number of methoxy groups -OCH3 is 1. The van der Waals surface area contributed by atoms with Crippen molar-refractivity contribution in [1.82, 2.24) is 10.2 Å². The number of hydrogen-bond donors (Lipinski definition) is 1. The lowest BCUT2D eigenvalue weighted by Gasteiger charge is -2.28. The van der Waals surface area contributed by atoms with Gasteiger partial charge in [-0.3, -0.25) is 19.3 Å². The van der Waals surface area contributed by atoms with Crippen molar-refractivity contribution in [2.45, 2.75) is 26.5 Å². The van der Waals surface area contributed by atoms with E-state index in [0.29, 0.717) is 33.8 Å². The fourth-order valence-electron chi connectivity index (χ4n) is 5.45. The molecule has 0 bridgehead atoms. The Bertz CT molecular complexity index is 2040. The highest BCUT2D eigenvalue weighted by atomic mass is 79.9. The number of benzene rings is 4. The number of nitrogens with zero attached hydrogens (tertiary/aromatic N) is 2. The maximum atomic E-state index is 14.2. The summed E-state index contributed by atoms with van der Waals surface area (Å²) in [7, 11) is 1.52. The van der Waals surface area contributed by atoms with Gasteiger partial charge in [0.2, 0.25) is 5.91 Å². The van der Waals surface area contributed by atoms with Crippen LogP contribution in [0.4, 0.5) is 0 Å². The molecule has 0 atom stereocenters. The van der Waals surface area contributed by atoms with Crippen LogP contribution >= 0.6 is 27.7 Å². The van der Waals surface area contributed by atoms with Crippen LogP contribution in [0, 0.1) is 6.92 Å². The van der Waals surface area contributed by atoms with Crippen LogP contribution < -0.4 is 14.8 Å². The first-order valence-electron chi connectivity index (χ1n) is 16.4. The molecule has 10 heteroatoms. The lowest BCUT2D eigenvalue weighted by atomic mass is 9.99. The van der Waals surface area contributed by atoms with E-state index in [1.165, 1.54) is 18.1 Å². The van der Waals surface area contributed by atoms with E-state index < -0.39 is 17.9 Å². The van der Waals surface area contributed by atoms with Crippen molar-refractivity contribution in [2.75, 3.05) is 12.9 Å². The molecule has 0 spiro atoms. The average molecular weight is 777 g/mol. The fraction of sp³-hybridized carbons (Fsp3) is 0.143. The van der Waals surface area contributed by atoms with E-state index in [2.05, 4.69) is 32.8 Å². The summed E-state index contributed by atoms with van der Waals surface area (Å²) < 4.78 is 12.3. The van der Waals surface area contributed by atoms with Gasteiger partial charge in [0.1, 0.15) is 12.2 Å². The van der Waals surface area contributed by atoms with Gasteiger partial charge in [-0.2, -0.15) is 4.99 Å². The van der Waals surface area contributed by atoms with Gasteiger partial charge >= 0.3 is 0 Å². The van der Waals surface area contributed by atoms with E-state index in [1.807, 2.05) is 91.9 Å². The molecule has 52 heavy (non-hydrogen) atoms. The first-order chi connectivity index (χ1) is 25.2. The molecule has 3 amide bonds. The second kappa shape index (κ2) is 18.2. The summed E-state index contributed by atoms with van der Waals surface area (Å²) in [5.41, 5.74) is 4.78. The van der Waals surface area contributed by atoms with Crippen molar-refractivity contribution in [3.05, 3.63) is 172 Å². The van der Waals surface area contributed by atoms with Gasteiger partial charge in [-0.05, 0) is 60.4 Å². The summed E-state index contributed by atoms with van der Waals surface area (Å²) >= 11 is 4.58. The topological polar surface area (TPSA) is 97.3 Å². The van der Waals surface area contributed by atoms with E-state index in [0.717, 1.165) is 34.0 Å². The molecule has 1 heterocycles. The van der Waals surface area contributed by atoms with Gasteiger partial charge < -0.3 is 14.8 Å². The number of nitrogens with one attached hydrogen (secondary N) is 1. The molecule has 0 unspecified atom stereocenters. The Morgan fingerprint density at radius 3 is 2.29 bits per heavy atom. The number of ether oxygens (including phenoxy) is 2. The van der Waals surface area contributed by atoms with Crippen LogP contribution in [0.5, 0.6) is 11.5 Å². The summed E-state index contributed by atoms with van der Waals surface area (Å²) in [6.45, 7) is 7.85. The van der Waals surface area contributed by atoms with Crippen LogP contribution in [0.15, 0.2) is 149 Å². The van der Waals surface area contributed by atoms with Gasteiger partial charge in [0.15, 0.2) is 16.7 Å². The summed E-state index contributed by atoms with van der Waals surface area (Å²) in [6.07, 6.45) is 8.15. The molecule has 0 aliphatic carbocycles. The molecule has 4 aromatic rings. The Labute approximate surface area is 316 Å². The summed E-state index contributed by atoms with van der Waals surface area (Å²) in [6, 6.07) is 30.4. The maximum absolute atomic E-state index is 14.2. The number of hydrogen-bond acceptors (Lipinski definition) is 6. The molecule has 0 saturated carbocycles. The van der Waals surface area contributed by atoms with Crippen molar-refractivity contribution in [1.29, 1.82) is 0 Å². The summed E-state index contributed by atoms with van der Waals surface area (Å²) in [5.74, 6) is -0.806. The number of carbonyl (C=O) groups excluding carboxylic acids is 3. The lowest BCUT2D eigenvalue weighted by Crippen LogP contribution is -2.42. The van der Waals surface area contributed by atoms with Crippen LogP contribution in [-0.4, -0.2) is 40.7 Å². The van der Waals surface area contributed by atoms with Crippen LogP contribution in [0.2, 0.25) is 0 Å². The molecular formula is C42H38BrN3O5S. The van der Waals surface area contributed by atoms with Crippen LogP contribution in [0.25, 0.3) is 6.08 Å². The zero-order valence-corrected chi connectivity index (χ0v) is 31.4. The summed E-state index contributed by atoms with van der Waals surface area (Å²) in [4.78, 5) is 46.9. The van der Waals surface area contributed by atoms with E-state index in [9.17, 15) is 14.4 Å². The molecular weight excluding hydrogens is 738 g/mol. The Hall–Kier alpha value is -5.45. The molecule has 1 aliphatic rings. The number of aryl methyl sites for hydroxylation is 1. The Kier molecular flexibility index (Phi) is 13.2. The molecule has 8 nitrogen and oxygen atoms in total. The second-order valence-electron chi connectivity index (χ2n) is 11.6. The van der Waals surface area contributed by atoms with E-state index in [4.69, 9.17) is 9.47 Å². The number of carbonyl (C=O) groups is 3. The molecule has 1 N–H and O–H groups in total. The molecule has 0 radical (unpaired) electrons. The number of aliphatic imine (C=N–C) groups is 1. The number of allylic oxidation sites excluding steroid dienone is 4. The smallest absolute Gasteiger partial charge is 0.285 e. The minimum Gasteiger partial charge on any atom is -0.493 e. The minimum absolute atomic E-state index is 0.0802. The van der Waals surface area contributed by atoms with Crippen molar-refractivity contribution in [3.8, 4) is 11.5 Å². The van der Waals surface area contributed by atoms with Crippen molar-refractivity contribution in [2.24, 2.45) is 4.99 Å². The van der Waals surface area contributed by atoms with Gasteiger partial charge in [-0.25, -0.2) is 0 Å². The number of rotatable bonds is 13. The highest BCUT2D eigenvalue weighted by molar-refractivity contribution is 9.10. The third-order valence-corrected chi connectivity index (χ3v) is 9.60. The van der Waals surface area contributed by atoms with Crippen molar-refractivity contribution >= 4 is 56.7 Å². The third-order valence-electron chi connectivity index (χ3n) is 7.97. The monoisotopic (exact) mass is 775 g/mol. The summed E-state index contributed by atoms with van der Waals surface area (Å²) in [5, 5.41) is 3.18. The van der Waals surface area contributed by atoms with Gasteiger partial charge in [0.05, 0.1) is 18.9 Å². The number of halogens is 1. The first-order valence-corrected chi connectivity index (χ1v) is 18.2. The predicted octanol–water partition coefficient (Wildman–Crippen LogP) is 8.74. The molecule has 0 fully saturated rings. The Balaban J connectivity index is 1.41. The standard InChI is InChI=1S/C42H38BrN3O5S/c1-5-7-21-33(6-2)46-41(49)34(23-32-24-36(50-4)37(25-35(32)43)51-26-29-16-14-15-28(3)22-29)40(48)45-42(46)52-27-38(47)44-39(30-17-10-8-11-18-30)31-19-12-9-13-20-31/h5-25,39H,1,26-27H2,2-4H3,(H,44,47)/b21-7-,33-6+,34-23+. The Morgan fingerprint density at radius 1 is 0.981 bits per heavy atom. The van der Waals surface area contributed by atoms with Gasteiger partial charge in [-0.1, -0.05) is 143 Å². The first kappa shape index (κ1) is 37.8. The van der Waals surface area contributed by atoms with Crippen LogP contribution in [0.1, 0.15) is 40.8 Å². The molecule has 1 aliphatic heterocycles. The van der Waals surface area contributed by atoms with Crippen LogP contribution in [0.3, 0.4) is 0 Å². The normalized spacial score (nSPS) is 14.2. The SMILES string of the molecule is C=C/C=C\C(=C/C)N1C(=O)/C(=C/c2cc(OC)c(OCc3cccc(C)c3)cc2Br)C(=O)N=C1SCC(=O)NC(c1ccccc1)c1ccccc1. The largest absolute Gasteiger partial charge is 0.493 e. The maximum Gasteiger partial charge on any atom is 0.285 e. The Morgan fingerprint density at radius 2 is 1.67 bits per heavy atom. The third kappa shape index (κ3) is 9.45. The zero-order valence-electron chi connectivity index (χ0n) is 29.0. The number of amides is 3. The van der Waals surface area contributed by atoms with Gasteiger partial charge in [0, 0.05) is 10.2 Å². The van der Waals surface area contributed by atoms with Gasteiger partial charge in [-0.15, -0.1) is 0 Å². The minimum atomic E-state index is -0.732. The fourth-order valence-corrected chi connectivity index (χ4v) is 6.69.